The second kappa shape index (κ2) is 6.66. The first-order valence-corrected chi connectivity index (χ1v) is 8.18. The zero-order valence-corrected chi connectivity index (χ0v) is 14.5. The number of benzene rings is 2. The van der Waals surface area contributed by atoms with E-state index in [1.54, 1.807) is 13.0 Å². The number of hydrazone groups is 1. The van der Waals surface area contributed by atoms with Gasteiger partial charge >= 0.3 is 12.1 Å². The molecular weight excluding hydrogens is 383 g/mol. The van der Waals surface area contributed by atoms with Crippen molar-refractivity contribution >= 4 is 11.6 Å². The largest absolute Gasteiger partial charge is 0.458 e. The third kappa shape index (κ3) is 3.15. The van der Waals surface area contributed by atoms with Gasteiger partial charge in [-0.3, -0.25) is 4.79 Å². The van der Waals surface area contributed by atoms with Gasteiger partial charge in [-0.2, -0.15) is 32.1 Å². The van der Waals surface area contributed by atoms with Crippen molar-refractivity contribution in [3.8, 4) is 0 Å². The topological polar surface area (TPSA) is 52.9 Å². The van der Waals surface area contributed by atoms with Crippen LogP contribution in [0.3, 0.4) is 0 Å². The lowest BCUT2D eigenvalue weighted by Crippen LogP contribution is -2.64. The van der Waals surface area contributed by atoms with Gasteiger partial charge < -0.3 is 5.11 Å². The molecule has 2 aromatic rings. The molecule has 2 aromatic carbocycles. The third-order valence-electron chi connectivity index (χ3n) is 4.44. The first kappa shape index (κ1) is 19.9. The van der Waals surface area contributed by atoms with E-state index < -0.39 is 30.2 Å². The fourth-order valence-corrected chi connectivity index (χ4v) is 2.84. The number of rotatable bonds is 3. The number of aliphatic hydroxyl groups is 1. The highest BCUT2D eigenvalue weighted by Crippen LogP contribution is 2.49. The van der Waals surface area contributed by atoms with Crippen LogP contribution in [0, 0.1) is 6.92 Å². The molecule has 1 aliphatic heterocycles. The standard InChI is InChI=1S/C19H15F5N2O2/c1-12-7-9-14(10-8-12)16(27)26-17(28,18(20,21)19(22,23)24)11-15(25-26)13-5-3-2-4-6-13/h2-10,28H,11H2,1H3. The fourth-order valence-electron chi connectivity index (χ4n) is 2.84. The van der Waals surface area contributed by atoms with E-state index in [4.69, 9.17) is 0 Å². The van der Waals surface area contributed by atoms with Crippen molar-refractivity contribution in [2.45, 2.75) is 31.2 Å². The van der Waals surface area contributed by atoms with Gasteiger partial charge in [-0.1, -0.05) is 48.0 Å². The maximum atomic E-state index is 14.3. The molecule has 1 aliphatic rings. The van der Waals surface area contributed by atoms with Gasteiger partial charge in [0.15, 0.2) is 0 Å². The maximum Gasteiger partial charge on any atom is 0.458 e. The van der Waals surface area contributed by atoms with Crippen LogP contribution in [0.5, 0.6) is 0 Å². The summed E-state index contributed by atoms with van der Waals surface area (Å²) >= 11 is 0. The van der Waals surface area contributed by atoms with Crippen molar-refractivity contribution in [1.82, 2.24) is 5.01 Å². The molecule has 0 aromatic heterocycles. The number of carbonyl (C=O) groups excluding carboxylic acids is 1. The van der Waals surface area contributed by atoms with E-state index in [1.165, 1.54) is 48.5 Å². The molecule has 0 fully saturated rings. The van der Waals surface area contributed by atoms with Crippen molar-refractivity contribution in [3.05, 3.63) is 71.3 Å². The predicted molar refractivity (Wildman–Crippen MR) is 90.9 cm³/mol. The smallest absolute Gasteiger partial charge is 0.364 e. The molecule has 0 bridgehead atoms. The van der Waals surface area contributed by atoms with Crippen LogP contribution in [0.15, 0.2) is 59.7 Å². The second-order valence-electron chi connectivity index (χ2n) is 6.46. The average molecular weight is 398 g/mol. The van der Waals surface area contributed by atoms with E-state index in [0.29, 0.717) is 0 Å². The molecule has 9 heteroatoms. The summed E-state index contributed by atoms with van der Waals surface area (Å²) in [5, 5.41) is 14.0. The first-order chi connectivity index (χ1) is 13.0. The highest BCUT2D eigenvalue weighted by Gasteiger charge is 2.75. The molecule has 0 saturated heterocycles. The quantitative estimate of drug-likeness (QED) is 0.791. The minimum Gasteiger partial charge on any atom is -0.364 e. The van der Waals surface area contributed by atoms with Gasteiger partial charge in [0.25, 0.3) is 5.91 Å². The lowest BCUT2D eigenvalue weighted by atomic mass is 9.95. The van der Waals surface area contributed by atoms with Crippen molar-refractivity contribution in [3.63, 3.8) is 0 Å². The van der Waals surface area contributed by atoms with Crippen LogP contribution >= 0.6 is 0 Å². The minimum atomic E-state index is -6.09. The van der Waals surface area contributed by atoms with Gasteiger partial charge in [0.05, 0.1) is 5.71 Å². The molecule has 1 amide bonds. The fraction of sp³-hybridized carbons (Fsp3) is 0.263. The molecule has 1 atom stereocenters. The third-order valence-corrected chi connectivity index (χ3v) is 4.44. The Bertz CT molecular complexity index is 910. The number of halogens is 5. The summed E-state index contributed by atoms with van der Waals surface area (Å²) in [7, 11) is 0. The number of hydrogen-bond donors (Lipinski definition) is 1. The van der Waals surface area contributed by atoms with Crippen LogP contribution in [0.2, 0.25) is 0 Å². The van der Waals surface area contributed by atoms with Crippen LogP contribution in [0.25, 0.3) is 0 Å². The number of alkyl halides is 5. The summed E-state index contributed by atoms with van der Waals surface area (Å²) in [4.78, 5) is 12.7. The molecule has 0 saturated carbocycles. The Labute approximate surface area is 156 Å². The highest BCUT2D eigenvalue weighted by atomic mass is 19.4. The van der Waals surface area contributed by atoms with Gasteiger partial charge in [0, 0.05) is 12.0 Å². The Hall–Kier alpha value is -2.81. The SMILES string of the molecule is Cc1ccc(C(=O)N2N=C(c3ccccc3)CC2(O)C(F)(F)C(F)(F)F)cc1. The number of nitrogens with zero attached hydrogens (tertiary/aromatic N) is 2. The summed E-state index contributed by atoms with van der Waals surface area (Å²) in [6.45, 7) is 1.71. The zero-order valence-electron chi connectivity index (χ0n) is 14.5. The highest BCUT2D eigenvalue weighted by molar-refractivity contribution is 6.05. The number of amides is 1. The summed E-state index contributed by atoms with van der Waals surface area (Å²) in [5.41, 5.74) is -3.36. The lowest BCUT2D eigenvalue weighted by Gasteiger charge is -2.38. The van der Waals surface area contributed by atoms with Crippen LogP contribution in [-0.2, 0) is 0 Å². The summed E-state index contributed by atoms with van der Waals surface area (Å²) in [6.07, 6.45) is -7.27. The van der Waals surface area contributed by atoms with E-state index in [-0.39, 0.29) is 21.8 Å². The summed E-state index contributed by atoms with van der Waals surface area (Å²) in [6, 6.07) is 13.1. The number of aryl methyl sites for hydroxylation is 1. The molecule has 28 heavy (non-hydrogen) atoms. The molecule has 1 heterocycles. The van der Waals surface area contributed by atoms with Crippen molar-refractivity contribution in [2.75, 3.05) is 0 Å². The van der Waals surface area contributed by atoms with E-state index in [1.807, 2.05) is 0 Å². The number of hydrogen-bond acceptors (Lipinski definition) is 3. The second-order valence-corrected chi connectivity index (χ2v) is 6.46. The molecule has 0 spiro atoms. The Morgan fingerprint density at radius 2 is 1.61 bits per heavy atom. The minimum absolute atomic E-state index is 0.159. The molecule has 1 N–H and O–H groups in total. The Kier molecular flexibility index (Phi) is 4.74. The Balaban J connectivity index is 2.10. The van der Waals surface area contributed by atoms with Crippen LogP contribution in [-0.4, -0.2) is 39.6 Å². The molecule has 1 unspecified atom stereocenters. The van der Waals surface area contributed by atoms with E-state index in [9.17, 15) is 31.9 Å². The van der Waals surface area contributed by atoms with Crippen LogP contribution < -0.4 is 0 Å². The molecule has 4 nitrogen and oxygen atoms in total. The van der Waals surface area contributed by atoms with Crippen LogP contribution in [0.4, 0.5) is 22.0 Å². The Morgan fingerprint density at radius 1 is 1.04 bits per heavy atom. The van der Waals surface area contributed by atoms with Crippen molar-refractivity contribution in [2.24, 2.45) is 5.10 Å². The molecule has 148 valence electrons. The summed E-state index contributed by atoms with van der Waals surface area (Å²) < 4.78 is 67.7. The molecule has 3 rings (SSSR count). The van der Waals surface area contributed by atoms with Crippen molar-refractivity contribution in [1.29, 1.82) is 0 Å². The molecule has 0 radical (unpaired) electrons. The lowest BCUT2D eigenvalue weighted by molar-refractivity contribution is -0.362. The molecular formula is C19H15F5N2O2. The normalized spacial score (nSPS) is 20.2. The first-order valence-electron chi connectivity index (χ1n) is 8.18. The number of carbonyl (C=O) groups is 1. The molecule has 0 aliphatic carbocycles. The van der Waals surface area contributed by atoms with E-state index >= 15 is 0 Å². The van der Waals surface area contributed by atoms with Gasteiger partial charge in [-0.25, -0.2) is 0 Å². The van der Waals surface area contributed by atoms with Gasteiger partial charge in [-0.05, 0) is 24.6 Å². The van der Waals surface area contributed by atoms with Gasteiger partial charge in [-0.15, -0.1) is 0 Å². The zero-order chi connectivity index (χ0) is 20.7. The van der Waals surface area contributed by atoms with Gasteiger partial charge in [0.1, 0.15) is 0 Å². The maximum absolute atomic E-state index is 14.3. The Morgan fingerprint density at radius 3 is 2.14 bits per heavy atom. The van der Waals surface area contributed by atoms with E-state index in [2.05, 4.69) is 5.10 Å². The van der Waals surface area contributed by atoms with Crippen molar-refractivity contribution < 1.29 is 31.9 Å². The predicted octanol–water partition coefficient (Wildman–Crippen LogP) is 4.13. The van der Waals surface area contributed by atoms with Crippen LogP contribution in [0.1, 0.15) is 27.9 Å². The average Bonchev–Trinajstić information content (AvgIpc) is 3.01. The monoisotopic (exact) mass is 398 g/mol. The van der Waals surface area contributed by atoms with E-state index in [0.717, 1.165) is 5.56 Å². The summed E-state index contributed by atoms with van der Waals surface area (Å²) in [5.74, 6) is -6.88. The van der Waals surface area contributed by atoms with Gasteiger partial charge in [0.2, 0.25) is 5.72 Å².